The highest BCUT2D eigenvalue weighted by Crippen LogP contribution is 2.28. The van der Waals surface area contributed by atoms with Crippen LogP contribution in [0.2, 0.25) is 0 Å². The summed E-state index contributed by atoms with van der Waals surface area (Å²) in [7, 11) is 0. The topological polar surface area (TPSA) is 63.7 Å². The number of carbonyl (C=O) groups excluding carboxylic acids is 3. The van der Waals surface area contributed by atoms with Crippen molar-refractivity contribution in [1.82, 2.24) is 5.06 Å². The summed E-state index contributed by atoms with van der Waals surface area (Å²) in [6.45, 7) is 0. The smallest absolute Gasteiger partial charge is 0.325 e. The Hall–Kier alpha value is -2.17. The second kappa shape index (κ2) is 6.30. The Morgan fingerprint density at radius 2 is 1.64 bits per heavy atom. The van der Waals surface area contributed by atoms with Gasteiger partial charge in [0.1, 0.15) is 0 Å². The van der Waals surface area contributed by atoms with Crippen LogP contribution in [0.4, 0.5) is 0 Å². The molecule has 5 nitrogen and oxygen atoms in total. The zero-order valence-electron chi connectivity index (χ0n) is 12.4. The second-order valence-corrected chi connectivity index (χ2v) is 6.01. The Balaban J connectivity index is 1.60. The Morgan fingerprint density at radius 1 is 1.05 bits per heavy atom. The molecule has 0 radical (unpaired) electrons. The van der Waals surface area contributed by atoms with E-state index < -0.39 is 17.8 Å². The Kier molecular flexibility index (Phi) is 4.22. The summed E-state index contributed by atoms with van der Waals surface area (Å²) >= 11 is 0. The lowest BCUT2D eigenvalue weighted by Crippen LogP contribution is -2.32. The van der Waals surface area contributed by atoms with E-state index in [0.717, 1.165) is 12.3 Å². The van der Waals surface area contributed by atoms with Gasteiger partial charge in [0.25, 0.3) is 11.8 Å². The van der Waals surface area contributed by atoms with E-state index in [0.29, 0.717) is 10.6 Å². The van der Waals surface area contributed by atoms with E-state index in [4.69, 9.17) is 4.84 Å². The second-order valence-electron chi connectivity index (χ2n) is 6.01. The van der Waals surface area contributed by atoms with Crippen LogP contribution in [-0.2, 0) is 20.8 Å². The van der Waals surface area contributed by atoms with Crippen LogP contribution in [0, 0.1) is 5.92 Å². The molecule has 0 aromatic heterocycles. The van der Waals surface area contributed by atoms with Crippen LogP contribution in [0.25, 0.3) is 0 Å². The molecule has 0 spiro atoms. The van der Waals surface area contributed by atoms with Crippen molar-refractivity contribution in [3.05, 3.63) is 35.4 Å². The van der Waals surface area contributed by atoms with E-state index in [-0.39, 0.29) is 12.8 Å². The number of hydrogen-bond acceptors (Lipinski definition) is 4. The van der Waals surface area contributed by atoms with E-state index >= 15 is 0 Å². The fraction of sp³-hybridized carbons (Fsp3) is 0.471. The van der Waals surface area contributed by atoms with Gasteiger partial charge in [0.15, 0.2) is 0 Å². The van der Waals surface area contributed by atoms with Crippen molar-refractivity contribution in [3.8, 4) is 0 Å². The summed E-state index contributed by atoms with van der Waals surface area (Å²) in [6, 6.07) is 7.22. The van der Waals surface area contributed by atoms with E-state index in [9.17, 15) is 14.4 Å². The van der Waals surface area contributed by atoms with Crippen LogP contribution in [0.1, 0.15) is 54.4 Å². The van der Waals surface area contributed by atoms with Crippen molar-refractivity contribution in [3.63, 3.8) is 0 Å². The third-order valence-corrected chi connectivity index (χ3v) is 4.37. The highest BCUT2D eigenvalue weighted by molar-refractivity contribution is 6.02. The SMILES string of the molecule is O=C(ON1C(=O)CCC1=O)c1ccc(CC2CCCC2)cc1. The molecule has 116 valence electrons. The number of imide groups is 1. The van der Waals surface area contributed by atoms with Crippen LogP contribution < -0.4 is 0 Å². The zero-order chi connectivity index (χ0) is 15.5. The van der Waals surface area contributed by atoms with Crippen molar-refractivity contribution in [2.45, 2.75) is 44.9 Å². The summed E-state index contributed by atoms with van der Waals surface area (Å²) < 4.78 is 0. The number of rotatable bonds is 4. The van der Waals surface area contributed by atoms with Crippen molar-refractivity contribution < 1.29 is 19.2 Å². The fourth-order valence-electron chi connectivity index (χ4n) is 3.12. The Morgan fingerprint density at radius 3 is 2.23 bits per heavy atom. The van der Waals surface area contributed by atoms with Gasteiger partial charge in [-0.25, -0.2) is 4.79 Å². The van der Waals surface area contributed by atoms with Crippen LogP contribution in [0.3, 0.4) is 0 Å². The minimum atomic E-state index is -0.670. The molecule has 0 N–H and O–H groups in total. The van der Waals surface area contributed by atoms with Gasteiger partial charge in [-0.05, 0) is 30.0 Å². The average molecular weight is 301 g/mol. The molecule has 1 aliphatic carbocycles. The Labute approximate surface area is 129 Å². The maximum Gasteiger partial charge on any atom is 0.363 e. The van der Waals surface area contributed by atoms with Gasteiger partial charge in [-0.1, -0.05) is 37.8 Å². The maximum absolute atomic E-state index is 12.0. The van der Waals surface area contributed by atoms with Crippen molar-refractivity contribution in [2.75, 3.05) is 0 Å². The monoisotopic (exact) mass is 301 g/mol. The molecule has 0 atom stereocenters. The summed E-state index contributed by atoms with van der Waals surface area (Å²) in [5.41, 5.74) is 1.56. The molecule has 1 aliphatic heterocycles. The van der Waals surface area contributed by atoms with Crippen LogP contribution in [-0.4, -0.2) is 22.8 Å². The largest absolute Gasteiger partial charge is 0.363 e. The lowest BCUT2D eigenvalue weighted by molar-refractivity contribution is -0.172. The van der Waals surface area contributed by atoms with Gasteiger partial charge in [0.2, 0.25) is 0 Å². The molecule has 1 aromatic rings. The summed E-state index contributed by atoms with van der Waals surface area (Å²) in [6.07, 6.45) is 6.43. The average Bonchev–Trinajstić information content (AvgIpc) is 3.13. The molecule has 1 heterocycles. The molecule has 0 bridgehead atoms. The molecule has 2 amide bonds. The van der Waals surface area contributed by atoms with E-state index in [1.54, 1.807) is 12.1 Å². The molecule has 1 saturated carbocycles. The fourth-order valence-corrected chi connectivity index (χ4v) is 3.12. The van der Waals surface area contributed by atoms with E-state index in [1.165, 1.54) is 31.2 Å². The number of hydroxylamine groups is 2. The minimum absolute atomic E-state index is 0.104. The molecule has 3 rings (SSSR count). The molecular weight excluding hydrogens is 282 g/mol. The first-order valence-electron chi connectivity index (χ1n) is 7.80. The number of benzene rings is 1. The first-order valence-corrected chi connectivity index (χ1v) is 7.80. The molecule has 2 fully saturated rings. The van der Waals surface area contributed by atoms with Crippen molar-refractivity contribution in [1.29, 1.82) is 0 Å². The lowest BCUT2D eigenvalue weighted by atomic mass is 9.97. The lowest BCUT2D eigenvalue weighted by Gasteiger charge is -2.13. The van der Waals surface area contributed by atoms with Crippen molar-refractivity contribution >= 4 is 17.8 Å². The van der Waals surface area contributed by atoms with Crippen LogP contribution >= 0.6 is 0 Å². The number of carbonyl (C=O) groups is 3. The minimum Gasteiger partial charge on any atom is -0.325 e. The third kappa shape index (κ3) is 3.18. The van der Waals surface area contributed by atoms with Gasteiger partial charge in [0.05, 0.1) is 5.56 Å². The van der Waals surface area contributed by atoms with Gasteiger partial charge in [-0.3, -0.25) is 9.59 Å². The molecule has 2 aliphatic rings. The number of amides is 2. The van der Waals surface area contributed by atoms with Gasteiger partial charge >= 0.3 is 5.97 Å². The summed E-state index contributed by atoms with van der Waals surface area (Å²) in [4.78, 5) is 39.7. The van der Waals surface area contributed by atoms with Crippen LogP contribution in [0.5, 0.6) is 0 Å². The van der Waals surface area contributed by atoms with Crippen molar-refractivity contribution in [2.24, 2.45) is 5.92 Å². The summed E-state index contributed by atoms with van der Waals surface area (Å²) in [5, 5.41) is 0.578. The zero-order valence-corrected chi connectivity index (χ0v) is 12.4. The highest BCUT2D eigenvalue weighted by atomic mass is 16.7. The third-order valence-electron chi connectivity index (χ3n) is 4.37. The predicted molar refractivity (Wildman–Crippen MR) is 78.6 cm³/mol. The molecule has 22 heavy (non-hydrogen) atoms. The molecule has 0 unspecified atom stereocenters. The van der Waals surface area contributed by atoms with Gasteiger partial charge in [0, 0.05) is 12.8 Å². The number of hydrogen-bond donors (Lipinski definition) is 0. The first kappa shape index (κ1) is 14.8. The molecular formula is C17H19NO4. The Bertz CT molecular complexity index is 571. The molecule has 1 saturated heterocycles. The van der Waals surface area contributed by atoms with Gasteiger partial charge < -0.3 is 4.84 Å². The predicted octanol–water partition coefficient (Wildman–Crippen LogP) is 2.64. The van der Waals surface area contributed by atoms with Gasteiger partial charge in [-0.15, -0.1) is 5.06 Å². The van der Waals surface area contributed by atoms with E-state index in [2.05, 4.69) is 0 Å². The standard InChI is InChI=1S/C17H19NO4/c19-15-9-10-16(20)18(15)22-17(21)14-7-5-13(6-8-14)11-12-3-1-2-4-12/h5-8,12H,1-4,9-11H2. The van der Waals surface area contributed by atoms with Gasteiger partial charge in [-0.2, -0.15) is 0 Å². The number of nitrogens with zero attached hydrogens (tertiary/aromatic N) is 1. The van der Waals surface area contributed by atoms with E-state index in [1.807, 2.05) is 12.1 Å². The summed E-state index contributed by atoms with van der Waals surface area (Å²) in [5.74, 6) is -0.846. The maximum atomic E-state index is 12.0. The quantitative estimate of drug-likeness (QED) is 0.802. The normalized spacial score (nSPS) is 19.0. The van der Waals surface area contributed by atoms with Crippen LogP contribution in [0.15, 0.2) is 24.3 Å². The molecule has 5 heteroatoms. The molecule has 1 aromatic carbocycles. The highest BCUT2D eigenvalue weighted by Gasteiger charge is 2.33. The first-order chi connectivity index (χ1) is 10.6.